The quantitative estimate of drug-likeness (QED) is 0.691. The zero-order valence-corrected chi connectivity index (χ0v) is 9.14. The lowest BCUT2D eigenvalue weighted by atomic mass is 10.3. The molecule has 0 aliphatic carbocycles. The Morgan fingerprint density at radius 2 is 2.33 bits per heavy atom. The Hall–Kier alpha value is -1.26. The zero-order chi connectivity index (χ0) is 11.1. The van der Waals surface area contributed by atoms with E-state index in [4.69, 9.17) is 4.74 Å². The third-order valence-electron chi connectivity index (χ3n) is 1.91. The van der Waals surface area contributed by atoms with Gasteiger partial charge in [0.15, 0.2) is 5.78 Å². The fourth-order valence-electron chi connectivity index (χ4n) is 1.33. The van der Waals surface area contributed by atoms with Gasteiger partial charge in [-0.1, -0.05) is 6.07 Å². The Bertz CT molecular complexity index is 301. The fraction of sp³-hybridized carbons (Fsp3) is 0.455. The fourth-order valence-corrected chi connectivity index (χ4v) is 1.33. The molecule has 0 amide bonds. The maximum absolute atomic E-state index is 11.3. The first-order chi connectivity index (χ1) is 7.22. The van der Waals surface area contributed by atoms with E-state index in [2.05, 4.69) is 4.98 Å². The van der Waals surface area contributed by atoms with Crippen LogP contribution in [0.3, 0.4) is 0 Å². The van der Waals surface area contributed by atoms with Gasteiger partial charge in [-0.05, 0) is 19.2 Å². The molecule has 0 unspecified atom stereocenters. The van der Waals surface area contributed by atoms with Crippen molar-refractivity contribution in [1.82, 2.24) is 9.88 Å². The number of ketones is 1. The topological polar surface area (TPSA) is 42.4 Å². The van der Waals surface area contributed by atoms with E-state index in [0.29, 0.717) is 13.1 Å². The molecule has 0 fully saturated rings. The van der Waals surface area contributed by atoms with Gasteiger partial charge in [-0.25, -0.2) is 0 Å². The number of carbonyl (C=O) groups excluding carboxylic acids is 1. The largest absolute Gasteiger partial charge is 0.377 e. The zero-order valence-electron chi connectivity index (χ0n) is 9.14. The van der Waals surface area contributed by atoms with Crippen molar-refractivity contribution in [1.29, 1.82) is 0 Å². The lowest BCUT2D eigenvalue weighted by Crippen LogP contribution is -2.28. The highest BCUT2D eigenvalue weighted by molar-refractivity contribution is 5.81. The second-order valence-electron chi connectivity index (χ2n) is 3.47. The molecule has 1 aromatic rings. The van der Waals surface area contributed by atoms with Gasteiger partial charge in [0.05, 0.1) is 12.2 Å². The molecule has 0 bridgehead atoms. The summed E-state index contributed by atoms with van der Waals surface area (Å²) in [5, 5.41) is 0. The average Bonchev–Trinajstić information content (AvgIpc) is 2.19. The predicted octanol–water partition coefficient (Wildman–Crippen LogP) is 0.729. The van der Waals surface area contributed by atoms with E-state index in [-0.39, 0.29) is 12.4 Å². The van der Waals surface area contributed by atoms with E-state index >= 15 is 0 Å². The standard InChI is InChI=1S/C11H16N2O2/c1-13(8-11(14)9-15-2)7-10-5-3-4-6-12-10/h3-6H,7-9H2,1-2H3. The molecular formula is C11H16N2O2. The van der Waals surface area contributed by atoms with Crippen LogP contribution in [0.25, 0.3) is 0 Å². The maximum Gasteiger partial charge on any atom is 0.172 e. The molecule has 0 spiro atoms. The summed E-state index contributed by atoms with van der Waals surface area (Å²) >= 11 is 0. The molecule has 4 heteroatoms. The number of hydrogen-bond donors (Lipinski definition) is 0. The summed E-state index contributed by atoms with van der Waals surface area (Å²) in [5.41, 5.74) is 0.963. The van der Waals surface area contributed by atoms with Crippen LogP contribution in [0.15, 0.2) is 24.4 Å². The third kappa shape index (κ3) is 4.67. The first kappa shape index (κ1) is 11.8. The number of carbonyl (C=O) groups is 1. The SMILES string of the molecule is COCC(=O)CN(C)Cc1ccccn1. The molecule has 1 aromatic heterocycles. The minimum absolute atomic E-state index is 0.0796. The van der Waals surface area contributed by atoms with Crippen LogP contribution in [0, 0.1) is 0 Å². The Morgan fingerprint density at radius 1 is 1.53 bits per heavy atom. The van der Waals surface area contributed by atoms with E-state index in [1.807, 2.05) is 30.1 Å². The molecular weight excluding hydrogens is 192 g/mol. The summed E-state index contributed by atoms with van der Waals surface area (Å²) in [6, 6.07) is 5.75. The van der Waals surface area contributed by atoms with Crippen molar-refractivity contribution < 1.29 is 9.53 Å². The van der Waals surface area contributed by atoms with Gasteiger partial charge in [0.25, 0.3) is 0 Å². The summed E-state index contributed by atoms with van der Waals surface area (Å²) in [7, 11) is 3.42. The van der Waals surface area contributed by atoms with E-state index in [9.17, 15) is 4.79 Å². The summed E-state index contributed by atoms with van der Waals surface area (Å²) in [6.45, 7) is 1.24. The molecule has 0 radical (unpaired) electrons. The molecule has 15 heavy (non-hydrogen) atoms. The Balaban J connectivity index is 2.36. The molecule has 0 aromatic carbocycles. The number of aromatic nitrogens is 1. The normalized spacial score (nSPS) is 10.6. The first-order valence-electron chi connectivity index (χ1n) is 4.81. The number of pyridine rings is 1. The number of nitrogens with zero attached hydrogens (tertiary/aromatic N) is 2. The van der Waals surface area contributed by atoms with Crippen LogP contribution < -0.4 is 0 Å². The molecule has 0 atom stereocenters. The number of likely N-dealkylation sites (N-methyl/N-ethyl adjacent to an activating group) is 1. The van der Waals surface area contributed by atoms with Crippen LogP contribution >= 0.6 is 0 Å². The minimum Gasteiger partial charge on any atom is -0.377 e. The van der Waals surface area contributed by atoms with Gasteiger partial charge < -0.3 is 4.74 Å². The molecule has 0 aliphatic rings. The van der Waals surface area contributed by atoms with Gasteiger partial charge in [-0.15, -0.1) is 0 Å². The second kappa shape index (κ2) is 6.27. The highest BCUT2D eigenvalue weighted by atomic mass is 16.5. The van der Waals surface area contributed by atoms with Crippen molar-refractivity contribution in [2.45, 2.75) is 6.54 Å². The van der Waals surface area contributed by atoms with Crippen LogP contribution in [-0.2, 0) is 16.1 Å². The van der Waals surface area contributed by atoms with E-state index in [0.717, 1.165) is 5.69 Å². The smallest absolute Gasteiger partial charge is 0.172 e. The second-order valence-corrected chi connectivity index (χ2v) is 3.47. The van der Waals surface area contributed by atoms with E-state index in [1.54, 1.807) is 6.20 Å². The van der Waals surface area contributed by atoms with Crippen molar-refractivity contribution in [2.75, 3.05) is 27.3 Å². The molecule has 4 nitrogen and oxygen atoms in total. The number of hydrogen-bond acceptors (Lipinski definition) is 4. The first-order valence-corrected chi connectivity index (χ1v) is 4.81. The summed E-state index contributed by atoms with van der Waals surface area (Å²) < 4.78 is 4.76. The Kier molecular flexibility index (Phi) is 4.93. The highest BCUT2D eigenvalue weighted by Gasteiger charge is 2.06. The monoisotopic (exact) mass is 208 g/mol. The van der Waals surface area contributed by atoms with Gasteiger partial charge in [-0.3, -0.25) is 14.7 Å². The lowest BCUT2D eigenvalue weighted by molar-refractivity contribution is -0.123. The van der Waals surface area contributed by atoms with Crippen molar-refractivity contribution in [2.24, 2.45) is 0 Å². The van der Waals surface area contributed by atoms with Crippen LogP contribution in [0.1, 0.15) is 5.69 Å². The molecule has 0 N–H and O–H groups in total. The highest BCUT2D eigenvalue weighted by Crippen LogP contribution is 1.98. The van der Waals surface area contributed by atoms with Gasteiger partial charge in [0, 0.05) is 19.9 Å². The number of Topliss-reactive ketones (excluding diaryl/α,β-unsaturated/α-hetero) is 1. The van der Waals surface area contributed by atoms with E-state index in [1.165, 1.54) is 7.11 Å². The van der Waals surface area contributed by atoms with Gasteiger partial charge in [0.1, 0.15) is 6.61 Å². The van der Waals surface area contributed by atoms with Gasteiger partial charge in [0.2, 0.25) is 0 Å². The Morgan fingerprint density at radius 3 is 2.93 bits per heavy atom. The van der Waals surface area contributed by atoms with Gasteiger partial charge in [-0.2, -0.15) is 0 Å². The summed E-state index contributed by atoms with van der Waals surface area (Å²) in [4.78, 5) is 17.4. The van der Waals surface area contributed by atoms with Crippen LogP contribution in [-0.4, -0.2) is 43.0 Å². The predicted molar refractivity (Wildman–Crippen MR) is 57.5 cm³/mol. The maximum atomic E-state index is 11.3. The number of methoxy groups -OCH3 is 1. The molecule has 1 rings (SSSR count). The number of ether oxygens (including phenoxy) is 1. The molecule has 0 saturated heterocycles. The lowest BCUT2D eigenvalue weighted by Gasteiger charge is -2.14. The Labute approximate surface area is 89.9 Å². The molecule has 82 valence electrons. The van der Waals surface area contributed by atoms with Crippen molar-refractivity contribution in [3.05, 3.63) is 30.1 Å². The minimum atomic E-state index is 0.0796. The van der Waals surface area contributed by atoms with Crippen LogP contribution in [0.4, 0.5) is 0 Å². The van der Waals surface area contributed by atoms with Crippen LogP contribution in [0.5, 0.6) is 0 Å². The van der Waals surface area contributed by atoms with Gasteiger partial charge >= 0.3 is 0 Å². The van der Waals surface area contributed by atoms with E-state index < -0.39 is 0 Å². The molecule has 0 aliphatic heterocycles. The van der Waals surface area contributed by atoms with Crippen molar-refractivity contribution in [3.63, 3.8) is 0 Å². The third-order valence-corrected chi connectivity index (χ3v) is 1.91. The average molecular weight is 208 g/mol. The van der Waals surface area contributed by atoms with Crippen molar-refractivity contribution in [3.8, 4) is 0 Å². The molecule has 0 saturated carbocycles. The van der Waals surface area contributed by atoms with Crippen LogP contribution in [0.2, 0.25) is 0 Å². The summed E-state index contributed by atoms with van der Waals surface area (Å²) in [5.74, 6) is 0.0796. The summed E-state index contributed by atoms with van der Waals surface area (Å²) in [6.07, 6.45) is 1.75. The molecule has 1 heterocycles. The number of rotatable bonds is 6. The van der Waals surface area contributed by atoms with Crippen molar-refractivity contribution >= 4 is 5.78 Å².